The molecular weight excluding hydrogens is 252 g/mol. The Morgan fingerprint density at radius 1 is 1.33 bits per heavy atom. The summed E-state index contributed by atoms with van der Waals surface area (Å²) in [7, 11) is -3.53. The average molecular weight is 268 g/mol. The van der Waals surface area contributed by atoms with Crippen LogP contribution in [0.2, 0.25) is 0 Å². The van der Waals surface area contributed by atoms with E-state index in [0.717, 1.165) is 31.2 Å². The van der Waals surface area contributed by atoms with Crippen LogP contribution in [0.5, 0.6) is 5.75 Å². The first-order valence-corrected chi connectivity index (χ1v) is 7.63. The van der Waals surface area contributed by atoms with Crippen LogP contribution in [0.25, 0.3) is 0 Å². The van der Waals surface area contributed by atoms with Gasteiger partial charge in [-0.15, -0.1) is 0 Å². The van der Waals surface area contributed by atoms with Crippen LogP contribution in [0.1, 0.15) is 24.8 Å². The molecule has 1 fully saturated rings. The van der Waals surface area contributed by atoms with Gasteiger partial charge >= 0.3 is 10.2 Å². The molecule has 0 unspecified atom stereocenters. The zero-order chi connectivity index (χ0) is 12.8. The number of nitrogens with one attached hydrogen (secondary N) is 1. The highest BCUT2D eigenvalue weighted by Crippen LogP contribution is 2.37. The first-order valence-electron chi connectivity index (χ1n) is 6.19. The highest BCUT2D eigenvalue weighted by Gasteiger charge is 2.34. The molecule has 0 atom stereocenters. The number of phenolic OH excluding ortho intramolecular Hbond substituents is 1. The van der Waals surface area contributed by atoms with Crippen LogP contribution in [-0.2, 0) is 16.6 Å². The van der Waals surface area contributed by atoms with Crippen molar-refractivity contribution in [2.75, 3.05) is 10.8 Å². The number of nitrogens with zero attached hydrogens (tertiary/aromatic N) is 1. The lowest BCUT2D eigenvalue weighted by atomic mass is 10.0. The van der Waals surface area contributed by atoms with Crippen LogP contribution in [-0.4, -0.2) is 26.1 Å². The third-order valence-corrected chi connectivity index (χ3v) is 4.91. The van der Waals surface area contributed by atoms with Crippen molar-refractivity contribution in [3.8, 4) is 5.75 Å². The number of rotatable bonds is 3. The van der Waals surface area contributed by atoms with Crippen molar-refractivity contribution in [3.05, 3.63) is 23.8 Å². The molecule has 98 valence electrons. The van der Waals surface area contributed by atoms with Crippen molar-refractivity contribution in [1.29, 1.82) is 0 Å². The first kappa shape index (κ1) is 11.8. The van der Waals surface area contributed by atoms with Crippen molar-refractivity contribution >= 4 is 15.9 Å². The molecule has 0 amide bonds. The summed E-state index contributed by atoms with van der Waals surface area (Å²) in [5.41, 5.74) is 1.33. The average Bonchev–Trinajstić information content (AvgIpc) is 3.12. The smallest absolute Gasteiger partial charge is 0.301 e. The van der Waals surface area contributed by atoms with Crippen LogP contribution < -0.4 is 9.03 Å². The van der Waals surface area contributed by atoms with E-state index in [0.29, 0.717) is 12.2 Å². The van der Waals surface area contributed by atoms with Crippen molar-refractivity contribution < 1.29 is 13.5 Å². The number of aromatic hydroxyl groups is 1. The second-order valence-corrected chi connectivity index (χ2v) is 6.48. The Hall–Kier alpha value is -1.27. The van der Waals surface area contributed by atoms with Crippen molar-refractivity contribution in [2.24, 2.45) is 0 Å². The Bertz CT molecular complexity index is 567. The maximum Gasteiger partial charge on any atom is 0.301 e. The van der Waals surface area contributed by atoms with Gasteiger partial charge in [-0.2, -0.15) is 13.1 Å². The molecule has 0 radical (unpaired) electrons. The molecule has 3 rings (SSSR count). The van der Waals surface area contributed by atoms with E-state index < -0.39 is 10.2 Å². The monoisotopic (exact) mass is 268 g/mol. The fourth-order valence-electron chi connectivity index (χ4n) is 2.31. The van der Waals surface area contributed by atoms with Gasteiger partial charge in [0.2, 0.25) is 0 Å². The molecule has 1 heterocycles. The van der Waals surface area contributed by atoms with Gasteiger partial charge in [-0.3, -0.25) is 4.31 Å². The lowest BCUT2D eigenvalue weighted by Crippen LogP contribution is -2.44. The molecule has 0 aromatic heterocycles. The molecule has 18 heavy (non-hydrogen) atoms. The number of para-hydroxylation sites is 1. The maximum absolute atomic E-state index is 12.3. The molecule has 1 aliphatic carbocycles. The summed E-state index contributed by atoms with van der Waals surface area (Å²) in [5, 5.41) is 9.91. The molecule has 0 saturated heterocycles. The Balaban J connectivity index is 2.00. The summed E-state index contributed by atoms with van der Waals surface area (Å²) in [5.74, 6) is 0.0355. The van der Waals surface area contributed by atoms with E-state index in [-0.39, 0.29) is 11.8 Å². The Morgan fingerprint density at radius 3 is 2.83 bits per heavy atom. The zero-order valence-corrected chi connectivity index (χ0v) is 10.8. The molecular formula is C12H16N2O3S. The Labute approximate surface area is 107 Å². The van der Waals surface area contributed by atoms with Crippen molar-refractivity contribution in [3.63, 3.8) is 0 Å². The third kappa shape index (κ3) is 2.06. The molecule has 0 spiro atoms. The van der Waals surface area contributed by atoms with Gasteiger partial charge in [0.25, 0.3) is 0 Å². The van der Waals surface area contributed by atoms with Crippen LogP contribution in [0.4, 0.5) is 5.69 Å². The number of aryl methyl sites for hydroxylation is 1. The summed E-state index contributed by atoms with van der Waals surface area (Å²) in [6, 6.07) is 5.22. The highest BCUT2D eigenvalue weighted by molar-refractivity contribution is 7.90. The van der Waals surface area contributed by atoms with Crippen molar-refractivity contribution in [2.45, 2.75) is 31.7 Å². The molecule has 6 heteroatoms. The van der Waals surface area contributed by atoms with Gasteiger partial charge in [0.05, 0.1) is 5.69 Å². The van der Waals surface area contributed by atoms with Crippen LogP contribution in [0.15, 0.2) is 18.2 Å². The fourth-order valence-corrected chi connectivity index (χ4v) is 3.91. The van der Waals surface area contributed by atoms with E-state index in [1.54, 1.807) is 6.07 Å². The van der Waals surface area contributed by atoms with Crippen LogP contribution in [0, 0.1) is 0 Å². The van der Waals surface area contributed by atoms with E-state index in [4.69, 9.17) is 0 Å². The topological polar surface area (TPSA) is 69.6 Å². The second kappa shape index (κ2) is 4.13. The lowest BCUT2D eigenvalue weighted by Gasteiger charge is -2.30. The van der Waals surface area contributed by atoms with Crippen molar-refractivity contribution in [1.82, 2.24) is 4.72 Å². The number of anilines is 1. The fraction of sp³-hybridized carbons (Fsp3) is 0.500. The van der Waals surface area contributed by atoms with Gasteiger partial charge in [0.15, 0.2) is 0 Å². The molecule has 0 bridgehead atoms. The van der Waals surface area contributed by atoms with Gasteiger partial charge in [-0.05, 0) is 37.3 Å². The number of hydrogen-bond donors (Lipinski definition) is 2. The summed E-state index contributed by atoms with van der Waals surface area (Å²) in [6.07, 6.45) is 3.39. The minimum Gasteiger partial charge on any atom is -0.506 e. The number of phenols is 1. The number of benzene rings is 1. The Kier molecular flexibility index (Phi) is 2.71. The highest BCUT2D eigenvalue weighted by atomic mass is 32.2. The zero-order valence-electron chi connectivity index (χ0n) is 9.96. The molecule has 1 aliphatic heterocycles. The quantitative estimate of drug-likeness (QED) is 0.863. The third-order valence-electron chi connectivity index (χ3n) is 3.34. The van der Waals surface area contributed by atoms with E-state index in [9.17, 15) is 13.5 Å². The molecule has 1 saturated carbocycles. The second-order valence-electron chi connectivity index (χ2n) is 4.86. The van der Waals surface area contributed by atoms with Gasteiger partial charge in [0.1, 0.15) is 5.75 Å². The van der Waals surface area contributed by atoms with Gasteiger partial charge in [-0.25, -0.2) is 0 Å². The SMILES string of the molecule is O=S(=O)(NC1CC1)N1CCCc2cccc(O)c21. The molecule has 1 aromatic rings. The summed E-state index contributed by atoms with van der Waals surface area (Å²) >= 11 is 0. The standard InChI is InChI=1S/C12H16N2O3S/c15-11-5-1-3-9-4-2-8-14(12(9)11)18(16,17)13-10-6-7-10/h1,3,5,10,13,15H,2,4,6-8H2. The summed E-state index contributed by atoms with van der Waals surface area (Å²) in [6.45, 7) is 0.423. The van der Waals surface area contributed by atoms with Gasteiger partial charge in [-0.1, -0.05) is 12.1 Å². The number of hydrogen-bond acceptors (Lipinski definition) is 3. The lowest BCUT2D eigenvalue weighted by molar-refractivity contribution is 0.472. The van der Waals surface area contributed by atoms with E-state index >= 15 is 0 Å². The minimum atomic E-state index is -3.53. The maximum atomic E-state index is 12.3. The number of fused-ring (bicyclic) bond motifs is 1. The van der Waals surface area contributed by atoms with Crippen LogP contribution >= 0.6 is 0 Å². The first-order chi connectivity index (χ1) is 8.58. The largest absolute Gasteiger partial charge is 0.506 e. The predicted molar refractivity (Wildman–Crippen MR) is 68.9 cm³/mol. The van der Waals surface area contributed by atoms with E-state index in [1.807, 2.05) is 6.07 Å². The summed E-state index contributed by atoms with van der Waals surface area (Å²) < 4.78 is 28.5. The molecule has 2 N–H and O–H groups in total. The van der Waals surface area contributed by atoms with Crippen LogP contribution in [0.3, 0.4) is 0 Å². The van der Waals surface area contributed by atoms with E-state index in [2.05, 4.69) is 4.72 Å². The molecule has 2 aliphatic rings. The van der Waals surface area contributed by atoms with E-state index in [1.165, 1.54) is 10.4 Å². The predicted octanol–water partition coefficient (Wildman–Crippen LogP) is 1.14. The van der Waals surface area contributed by atoms with Gasteiger partial charge < -0.3 is 5.11 Å². The molecule has 5 nitrogen and oxygen atoms in total. The summed E-state index contributed by atoms with van der Waals surface area (Å²) in [4.78, 5) is 0. The Morgan fingerprint density at radius 2 is 2.11 bits per heavy atom. The molecule has 1 aromatic carbocycles. The van der Waals surface area contributed by atoms with Gasteiger partial charge in [0, 0.05) is 12.6 Å². The minimum absolute atomic E-state index is 0.0355. The normalized spacial score (nSPS) is 19.7.